The van der Waals surface area contributed by atoms with Gasteiger partial charge in [-0.3, -0.25) is 4.90 Å². The number of hydrogen-bond donors (Lipinski definition) is 2. The van der Waals surface area contributed by atoms with Crippen molar-refractivity contribution in [2.75, 3.05) is 26.2 Å². The van der Waals surface area contributed by atoms with Crippen molar-refractivity contribution in [1.82, 2.24) is 24.7 Å². The molecule has 3 N–H and O–H groups in total. The van der Waals surface area contributed by atoms with Crippen molar-refractivity contribution in [3.63, 3.8) is 0 Å². The molecule has 1 aromatic heterocycles. The molecule has 0 spiro atoms. The van der Waals surface area contributed by atoms with Crippen LogP contribution in [0.3, 0.4) is 0 Å². The van der Waals surface area contributed by atoms with Crippen LogP contribution in [0.2, 0.25) is 5.02 Å². The highest BCUT2D eigenvalue weighted by Gasteiger charge is 2.37. The van der Waals surface area contributed by atoms with Crippen molar-refractivity contribution in [2.45, 2.75) is 96.4 Å². The van der Waals surface area contributed by atoms with E-state index < -0.39 is 17.7 Å². The van der Waals surface area contributed by atoms with E-state index in [1.165, 1.54) is 6.20 Å². The SMILES string of the molecule is C/C=C(\c1cc(Cl)ccc1C(C/C=C\C=C/N)N1CCN(C(=O)OC(CC)CCC)CC1)C(NC(=O)OC1(C)CCC1)c1cncn1C. The van der Waals surface area contributed by atoms with Crippen LogP contribution in [0.1, 0.15) is 102 Å². The Kier molecular flexibility index (Phi) is 13.6. The number of piperazine rings is 1. The molecule has 2 aromatic rings. The third kappa shape index (κ3) is 9.44. The van der Waals surface area contributed by atoms with Crippen LogP contribution in [0.4, 0.5) is 9.59 Å². The largest absolute Gasteiger partial charge is 0.446 e. The van der Waals surface area contributed by atoms with Crippen LogP contribution in [0, 0.1) is 0 Å². The molecule has 0 bridgehead atoms. The van der Waals surface area contributed by atoms with E-state index in [2.05, 4.69) is 41.2 Å². The van der Waals surface area contributed by atoms with Crippen molar-refractivity contribution >= 4 is 29.4 Å². The second kappa shape index (κ2) is 17.6. The summed E-state index contributed by atoms with van der Waals surface area (Å²) in [6, 6.07) is 5.36. The van der Waals surface area contributed by atoms with Gasteiger partial charge in [-0.25, -0.2) is 14.6 Å². The van der Waals surface area contributed by atoms with Crippen LogP contribution < -0.4 is 11.1 Å². The van der Waals surface area contributed by atoms with Crippen LogP contribution in [-0.4, -0.2) is 69.4 Å². The topological polar surface area (TPSA) is 115 Å². The lowest BCUT2D eigenvalue weighted by molar-refractivity contribution is -0.0328. The molecule has 2 amide bonds. The van der Waals surface area contributed by atoms with E-state index in [1.54, 1.807) is 12.5 Å². The Bertz CT molecular complexity index is 1460. The Morgan fingerprint density at radius 3 is 2.50 bits per heavy atom. The summed E-state index contributed by atoms with van der Waals surface area (Å²) in [5.74, 6) is 0. The summed E-state index contributed by atoms with van der Waals surface area (Å²) >= 11 is 6.70. The van der Waals surface area contributed by atoms with Gasteiger partial charge >= 0.3 is 12.2 Å². The highest BCUT2D eigenvalue weighted by atomic mass is 35.5. The molecule has 10 nitrogen and oxygen atoms in total. The quantitative estimate of drug-likeness (QED) is 0.197. The zero-order chi connectivity index (χ0) is 34.7. The predicted molar refractivity (Wildman–Crippen MR) is 191 cm³/mol. The fraction of sp³-hybridized carbons (Fsp3) is 0.541. The van der Waals surface area contributed by atoms with Crippen LogP contribution in [0.5, 0.6) is 0 Å². The third-order valence-electron chi connectivity index (χ3n) is 9.53. The first-order chi connectivity index (χ1) is 23.1. The summed E-state index contributed by atoms with van der Waals surface area (Å²) in [5.41, 5.74) is 8.85. The number of amides is 2. The molecule has 0 radical (unpaired) electrons. The lowest BCUT2D eigenvalue weighted by Gasteiger charge is -2.40. The number of imidazole rings is 1. The van der Waals surface area contributed by atoms with Gasteiger partial charge in [-0.2, -0.15) is 0 Å². The molecule has 1 saturated carbocycles. The number of alkyl carbamates (subject to hydrolysis) is 1. The number of carbonyl (C=O) groups excluding carboxylic acids is 2. The van der Waals surface area contributed by atoms with E-state index in [-0.39, 0.29) is 18.2 Å². The number of halogens is 1. The van der Waals surface area contributed by atoms with Crippen molar-refractivity contribution in [3.8, 4) is 0 Å². The number of aryl methyl sites for hydroxylation is 1. The van der Waals surface area contributed by atoms with E-state index in [0.29, 0.717) is 37.6 Å². The summed E-state index contributed by atoms with van der Waals surface area (Å²) in [7, 11) is 1.91. The first-order valence-electron chi connectivity index (χ1n) is 17.3. The molecule has 3 atom stereocenters. The Hall–Kier alpha value is -3.76. The number of rotatable bonds is 14. The first kappa shape index (κ1) is 37.1. The van der Waals surface area contributed by atoms with Gasteiger partial charge in [-0.05, 0) is 93.5 Å². The van der Waals surface area contributed by atoms with E-state index in [4.69, 9.17) is 26.8 Å². The maximum Gasteiger partial charge on any atom is 0.410 e. The van der Waals surface area contributed by atoms with Gasteiger partial charge in [0.15, 0.2) is 0 Å². The molecule has 1 aromatic carbocycles. The maximum absolute atomic E-state index is 13.4. The molecule has 3 unspecified atom stereocenters. The van der Waals surface area contributed by atoms with E-state index in [1.807, 2.05) is 60.7 Å². The van der Waals surface area contributed by atoms with E-state index in [0.717, 1.165) is 60.9 Å². The summed E-state index contributed by atoms with van der Waals surface area (Å²) < 4.78 is 13.7. The van der Waals surface area contributed by atoms with Crippen molar-refractivity contribution in [2.24, 2.45) is 12.8 Å². The van der Waals surface area contributed by atoms with Gasteiger partial charge < -0.3 is 30.0 Å². The smallest absolute Gasteiger partial charge is 0.410 e. The summed E-state index contributed by atoms with van der Waals surface area (Å²) in [6.45, 7) is 10.6. The van der Waals surface area contributed by atoms with Gasteiger partial charge in [0.2, 0.25) is 0 Å². The average Bonchev–Trinajstić information content (AvgIpc) is 3.49. The van der Waals surface area contributed by atoms with Crippen LogP contribution in [0.15, 0.2) is 61.2 Å². The van der Waals surface area contributed by atoms with E-state index >= 15 is 0 Å². The van der Waals surface area contributed by atoms with Crippen molar-refractivity contribution in [1.29, 1.82) is 0 Å². The zero-order valence-electron chi connectivity index (χ0n) is 29.2. The monoisotopic (exact) mass is 680 g/mol. The van der Waals surface area contributed by atoms with Crippen LogP contribution >= 0.6 is 11.6 Å². The van der Waals surface area contributed by atoms with Gasteiger partial charge in [0.05, 0.1) is 24.3 Å². The standard InChI is InChI=1S/C37H53ClN6O4/c1-6-13-28(7-2)47-36(46)44-22-20-43(21-23-44)32(14-10-9-11-19-39)30-16-15-27(38)24-31(30)29(8-3)34(33-25-40-26-42(33)5)41-35(45)48-37(4)17-12-18-37/h8-11,15-16,19,24-26,28,32,34H,6-7,12-14,17-18,20-23,39H2,1-5H3,(H,41,45)/b10-9-,19-11-,29-8+. The molecule has 1 aliphatic heterocycles. The van der Waals surface area contributed by atoms with Gasteiger partial charge in [-0.1, -0.05) is 56.2 Å². The third-order valence-corrected chi connectivity index (χ3v) is 9.77. The second-order valence-electron chi connectivity index (χ2n) is 13.0. The summed E-state index contributed by atoms with van der Waals surface area (Å²) in [5, 5.41) is 3.75. The fourth-order valence-electron chi connectivity index (χ4n) is 6.58. The van der Waals surface area contributed by atoms with Gasteiger partial charge in [0, 0.05) is 44.3 Å². The molecule has 11 heteroatoms. The normalized spacial score (nSPS) is 18.8. The molecule has 4 rings (SSSR count). The van der Waals surface area contributed by atoms with E-state index in [9.17, 15) is 9.59 Å². The first-order valence-corrected chi connectivity index (χ1v) is 17.7. The van der Waals surface area contributed by atoms with Crippen LogP contribution in [-0.2, 0) is 16.5 Å². The zero-order valence-corrected chi connectivity index (χ0v) is 29.9. The summed E-state index contributed by atoms with van der Waals surface area (Å²) in [6.07, 6.45) is 18.2. The number of aromatic nitrogens is 2. The predicted octanol–water partition coefficient (Wildman–Crippen LogP) is 7.68. The highest BCUT2D eigenvalue weighted by Crippen LogP contribution is 2.40. The minimum Gasteiger partial charge on any atom is -0.446 e. The molecule has 2 fully saturated rings. The number of nitrogens with one attached hydrogen (secondary N) is 1. The van der Waals surface area contributed by atoms with Gasteiger partial charge in [0.1, 0.15) is 11.7 Å². The average molecular weight is 681 g/mol. The Morgan fingerprint density at radius 2 is 1.92 bits per heavy atom. The summed E-state index contributed by atoms with van der Waals surface area (Å²) in [4.78, 5) is 35.0. The number of hydrogen-bond acceptors (Lipinski definition) is 7. The number of allylic oxidation sites excluding steroid dienone is 3. The molecule has 262 valence electrons. The van der Waals surface area contributed by atoms with Gasteiger partial charge in [0.25, 0.3) is 0 Å². The van der Waals surface area contributed by atoms with Crippen LogP contribution in [0.25, 0.3) is 5.57 Å². The number of ether oxygens (including phenoxy) is 2. The fourth-order valence-corrected chi connectivity index (χ4v) is 6.75. The second-order valence-corrected chi connectivity index (χ2v) is 13.4. The molecule has 2 heterocycles. The maximum atomic E-state index is 13.4. The lowest BCUT2D eigenvalue weighted by atomic mass is 9.82. The molecule has 48 heavy (non-hydrogen) atoms. The Labute approximate surface area is 291 Å². The minimum absolute atomic E-state index is 0.0516. The number of nitrogens with two attached hydrogens (primary N) is 1. The van der Waals surface area contributed by atoms with Gasteiger partial charge in [-0.15, -0.1) is 0 Å². The Morgan fingerprint density at radius 1 is 1.17 bits per heavy atom. The minimum atomic E-state index is -0.548. The van der Waals surface area contributed by atoms with Crippen molar-refractivity contribution < 1.29 is 19.1 Å². The lowest BCUT2D eigenvalue weighted by Crippen LogP contribution is -2.50. The number of benzene rings is 1. The Balaban J connectivity index is 1.66. The number of nitrogens with zero attached hydrogens (tertiary/aromatic N) is 4. The highest BCUT2D eigenvalue weighted by molar-refractivity contribution is 6.30. The number of carbonyl (C=O) groups is 2. The molecule has 2 aliphatic rings. The molecular weight excluding hydrogens is 628 g/mol. The van der Waals surface area contributed by atoms with Crippen molar-refractivity contribution in [3.05, 3.63) is 83.1 Å². The molecule has 1 aliphatic carbocycles. The molecular formula is C37H53ClN6O4. The molecule has 1 saturated heterocycles.